The van der Waals surface area contributed by atoms with Crippen LogP contribution in [0.1, 0.15) is 43.0 Å². The number of hydrogen-bond donors (Lipinski definition) is 2. The van der Waals surface area contributed by atoms with Crippen molar-refractivity contribution in [2.24, 2.45) is 11.7 Å². The standard InChI is InChI=1S/C17H27N3O3S/c1-14(12-18)13-19-17(21)15-7-6-8-16(11-15)24(22,23)20-9-4-2-3-5-10-20/h6-8,11,14H,2-5,9-10,12-13,18H2,1H3,(H,19,21). The van der Waals surface area contributed by atoms with Crippen molar-refractivity contribution >= 4 is 15.9 Å². The molecule has 7 heteroatoms. The van der Waals surface area contributed by atoms with E-state index in [0.717, 1.165) is 25.7 Å². The van der Waals surface area contributed by atoms with Gasteiger partial charge in [0.25, 0.3) is 5.91 Å². The Morgan fingerprint density at radius 3 is 2.54 bits per heavy atom. The minimum absolute atomic E-state index is 0.179. The molecule has 6 nitrogen and oxygen atoms in total. The van der Waals surface area contributed by atoms with Gasteiger partial charge in [-0.15, -0.1) is 0 Å². The molecular formula is C17H27N3O3S. The van der Waals surface area contributed by atoms with Gasteiger partial charge in [-0.25, -0.2) is 8.42 Å². The summed E-state index contributed by atoms with van der Waals surface area (Å²) >= 11 is 0. The quantitative estimate of drug-likeness (QED) is 0.812. The maximum Gasteiger partial charge on any atom is 0.251 e. The lowest BCUT2D eigenvalue weighted by Crippen LogP contribution is -2.33. The highest BCUT2D eigenvalue weighted by Gasteiger charge is 2.25. The van der Waals surface area contributed by atoms with E-state index in [1.54, 1.807) is 18.2 Å². The molecule has 1 amide bonds. The molecule has 0 radical (unpaired) electrons. The molecule has 1 unspecified atom stereocenters. The smallest absolute Gasteiger partial charge is 0.251 e. The van der Waals surface area contributed by atoms with Crippen LogP contribution in [0.3, 0.4) is 0 Å². The number of hydrogen-bond acceptors (Lipinski definition) is 4. The molecule has 0 spiro atoms. The molecule has 1 aromatic carbocycles. The Hall–Kier alpha value is -1.44. The molecule has 3 N–H and O–H groups in total. The normalized spacial score (nSPS) is 17.9. The molecule has 1 saturated heterocycles. The number of nitrogens with zero attached hydrogens (tertiary/aromatic N) is 1. The number of carbonyl (C=O) groups is 1. The number of nitrogens with two attached hydrogens (primary N) is 1. The molecule has 0 saturated carbocycles. The number of amides is 1. The van der Waals surface area contributed by atoms with Crippen molar-refractivity contribution in [1.82, 2.24) is 9.62 Å². The first-order valence-electron chi connectivity index (χ1n) is 8.53. The molecule has 1 fully saturated rings. The van der Waals surface area contributed by atoms with Gasteiger partial charge in [0.1, 0.15) is 0 Å². The van der Waals surface area contributed by atoms with Crippen LogP contribution in [0.25, 0.3) is 0 Å². The minimum Gasteiger partial charge on any atom is -0.352 e. The first kappa shape index (κ1) is 18.9. The van der Waals surface area contributed by atoms with Gasteiger partial charge in [-0.05, 0) is 43.5 Å². The zero-order chi connectivity index (χ0) is 17.6. The van der Waals surface area contributed by atoms with Crippen LogP contribution in [0.5, 0.6) is 0 Å². The summed E-state index contributed by atoms with van der Waals surface area (Å²) in [6, 6.07) is 6.26. The molecule has 1 aliphatic heterocycles. The van der Waals surface area contributed by atoms with E-state index in [2.05, 4.69) is 5.32 Å². The molecule has 0 bridgehead atoms. The Balaban J connectivity index is 2.15. The second-order valence-corrected chi connectivity index (χ2v) is 8.33. The van der Waals surface area contributed by atoms with E-state index in [-0.39, 0.29) is 16.7 Å². The summed E-state index contributed by atoms with van der Waals surface area (Å²) in [5.74, 6) is -0.0961. The lowest BCUT2D eigenvalue weighted by molar-refractivity contribution is 0.0948. The van der Waals surface area contributed by atoms with Crippen LogP contribution in [0, 0.1) is 5.92 Å². The second kappa shape index (κ2) is 8.60. The van der Waals surface area contributed by atoms with E-state index in [0.29, 0.717) is 31.7 Å². The van der Waals surface area contributed by atoms with Gasteiger partial charge in [-0.2, -0.15) is 4.31 Å². The Morgan fingerprint density at radius 1 is 1.25 bits per heavy atom. The fourth-order valence-electron chi connectivity index (χ4n) is 2.68. The lowest BCUT2D eigenvalue weighted by atomic mass is 10.1. The summed E-state index contributed by atoms with van der Waals surface area (Å²) < 4.78 is 27.1. The summed E-state index contributed by atoms with van der Waals surface area (Å²) in [4.78, 5) is 12.4. The maximum atomic E-state index is 12.8. The van der Waals surface area contributed by atoms with Crippen molar-refractivity contribution in [3.8, 4) is 0 Å². The molecule has 1 atom stereocenters. The average molecular weight is 353 g/mol. The highest BCUT2D eigenvalue weighted by Crippen LogP contribution is 2.21. The highest BCUT2D eigenvalue weighted by molar-refractivity contribution is 7.89. The van der Waals surface area contributed by atoms with E-state index in [9.17, 15) is 13.2 Å². The van der Waals surface area contributed by atoms with Gasteiger partial charge in [-0.3, -0.25) is 4.79 Å². The first-order chi connectivity index (χ1) is 11.4. The lowest BCUT2D eigenvalue weighted by Gasteiger charge is -2.20. The Bertz CT molecular complexity index is 653. The summed E-state index contributed by atoms with van der Waals surface area (Å²) in [6.45, 7) is 4.00. The van der Waals surface area contributed by atoms with Gasteiger partial charge in [0.2, 0.25) is 10.0 Å². The van der Waals surface area contributed by atoms with Gasteiger partial charge in [0, 0.05) is 25.2 Å². The first-order valence-corrected chi connectivity index (χ1v) is 9.97. The molecular weight excluding hydrogens is 326 g/mol. The van der Waals surface area contributed by atoms with Gasteiger partial charge in [0.05, 0.1) is 4.90 Å². The zero-order valence-electron chi connectivity index (χ0n) is 14.2. The molecule has 1 heterocycles. The number of rotatable bonds is 6. The van der Waals surface area contributed by atoms with Crippen LogP contribution in [0.15, 0.2) is 29.2 Å². The third kappa shape index (κ3) is 4.78. The highest BCUT2D eigenvalue weighted by atomic mass is 32.2. The third-order valence-electron chi connectivity index (χ3n) is 4.31. The van der Waals surface area contributed by atoms with Crippen molar-refractivity contribution in [1.29, 1.82) is 0 Å². The number of sulfonamides is 1. The van der Waals surface area contributed by atoms with Crippen LogP contribution >= 0.6 is 0 Å². The predicted octanol–water partition coefficient (Wildman–Crippen LogP) is 1.58. The number of benzene rings is 1. The number of carbonyl (C=O) groups excluding carboxylic acids is 1. The fraction of sp³-hybridized carbons (Fsp3) is 0.588. The third-order valence-corrected chi connectivity index (χ3v) is 6.21. The van der Waals surface area contributed by atoms with E-state index in [4.69, 9.17) is 5.73 Å². The number of nitrogens with one attached hydrogen (secondary N) is 1. The molecule has 24 heavy (non-hydrogen) atoms. The summed E-state index contributed by atoms with van der Waals surface area (Å²) in [7, 11) is -3.54. The van der Waals surface area contributed by atoms with Crippen LogP contribution in [0.4, 0.5) is 0 Å². The van der Waals surface area contributed by atoms with Gasteiger partial charge < -0.3 is 11.1 Å². The molecule has 1 aliphatic rings. The van der Waals surface area contributed by atoms with E-state index >= 15 is 0 Å². The van der Waals surface area contributed by atoms with Crippen LogP contribution in [0.2, 0.25) is 0 Å². The average Bonchev–Trinajstić information content (AvgIpc) is 2.89. The van der Waals surface area contributed by atoms with Gasteiger partial charge >= 0.3 is 0 Å². The van der Waals surface area contributed by atoms with Gasteiger partial charge in [-0.1, -0.05) is 25.8 Å². The summed E-state index contributed by atoms with van der Waals surface area (Å²) in [5.41, 5.74) is 5.89. The topological polar surface area (TPSA) is 92.5 Å². The monoisotopic (exact) mass is 353 g/mol. The molecule has 0 aliphatic carbocycles. The minimum atomic E-state index is -3.54. The Morgan fingerprint density at radius 2 is 1.92 bits per heavy atom. The molecule has 0 aromatic heterocycles. The molecule has 2 rings (SSSR count). The summed E-state index contributed by atoms with van der Waals surface area (Å²) in [5, 5.41) is 2.79. The van der Waals surface area contributed by atoms with Gasteiger partial charge in [0.15, 0.2) is 0 Å². The molecule has 1 aromatic rings. The van der Waals surface area contributed by atoms with E-state index < -0.39 is 10.0 Å². The predicted molar refractivity (Wildman–Crippen MR) is 94.2 cm³/mol. The van der Waals surface area contributed by atoms with Crippen LogP contribution in [-0.2, 0) is 10.0 Å². The summed E-state index contributed by atoms with van der Waals surface area (Å²) in [6.07, 6.45) is 3.90. The van der Waals surface area contributed by atoms with Crippen molar-refractivity contribution in [3.63, 3.8) is 0 Å². The Labute approximate surface area is 144 Å². The van der Waals surface area contributed by atoms with Crippen molar-refractivity contribution in [3.05, 3.63) is 29.8 Å². The van der Waals surface area contributed by atoms with Crippen LogP contribution in [-0.4, -0.2) is 44.8 Å². The van der Waals surface area contributed by atoms with E-state index in [1.165, 1.54) is 10.4 Å². The Kier molecular flexibility index (Phi) is 6.77. The zero-order valence-corrected chi connectivity index (χ0v) is 15.0. The maximum absolute atomic E-state index is 12.8. The van der Waals surface area contributed by atoms with Crippen LogP contribution < -0.4 is 11.1 Å². The van der Waals surface area contributed by atoms with Crippen molar-refractivity contribution < 1.29 is 13.2 Å². The molecule has 134 valence electrons. The van der Waals surface area contributed by atoms with E-state index in [1.807, 2.05) is 6.92 Å². The SMILES string of the molecule is CC(CN)CNC(=O)c1cccc(S(=O)(=O)N2CCCCCC2)c1. The largest absolute Gasteiger partial charge is 0.352 e. The van der Waals surface area contributed by atoms with Crippen molar-refractivity contribution in [2.75, 3.05) is 26.2 Å². The van der Waals surface area contributed by atoms with Crippen molar-refractivity contribution in [2.45, 2.75) is 37.5 Å². The second-order valence-electron chi connectivity index (χ2n) is 6.40. The fourth-order valence-corrected chi connectivity index (χ4v) is 4.24.